The minimum atomic E-state index is -3.17. The Labute approximate surface area is 164 Å². The van der Waals surface area contributed by atoms with Crippen LogP contribution >= 0.6 is 23.7 Å². The average molecular weight is 417 g/mol. The molecule has 0 bridgehead atoms. The van der Waals surface area contributed by atoms with E-state index in [4.69, 9.17) is 10.3 Å². The monoisotopic (exact) mass is 416 g/mol. The van der Waals surface area contributed by atoms with E-state index >= 15 is 0 Å². The number of hydrogen-bond donors (Lipinski definition) is 2. The third-order valence-electron chi connectivity index (χ3n) is 3.98. The molecule has 0 spiro atoms. The van der Waals surface area contributed by atoms with E-state index in [-0.39, 0.29) is 23.7 Å². The second kappa shape index (κ2) is 7.87. The lowest BCUT2D eigenvalue weighted by molar-refractivity contribution is 0.0119. The molecule has 1 amide bonds. The molecule has 146 valence electrons. The number of alkyl halides is 2. The summed E-state index contributed by atoms with van der Waals surface area (Å²) in [6, 6.07) is 3.54. The van der Waals surface area contributed by atoms with Crippen molar-refractivity contribution in [3.05, 3.63) is 33.1 Å². The molecule has 3 aromatic rings. The summed E-state index contributed by atoms with van der Waals surface area (Å²) in [6.07, 6.45) is 0. The van der Waals surface area contributed by atoms with E-state index < -0.39 is 24.9 Å². The van der Waals surface area contributed by atoms with Crippen LogP contribution in [0.3, 0.4) is 0 Å². The third-order valence-corrected chi connectivity index (χ3v) is 4.95. The number of nitrogens with zero attached hydrogens (tertiary/aromatic N) is 2. The highest BCUT2D eigenvalue weighted by atomic mass is 35.5. The maximum atomic E-state index is 13.4. The number of halogens is 3. The Bertz CT molecular complexity index is 987. The topological polar surface area (TPSA) is 94.0 Å². The normalized spacial score (nSPS) is 11.5. The Hall–Kier alpha value is -2.10. The van der Waals surface area contributed by atoms with Crippen molar-refractivity contribution >= 4 is 40.8 Å². The Kier molecular flexibility index (Phi) is 6.18. The minimum Gasteiger partial charge on any atom is -0.346 e. The van der Waals surface area contributed by atoms with E-state index in [1.165, 1.54) is 0 Å². The van der Waals surface area contributed by atoms with E-state index in [1.807, 2.05) is 19.9 Å². The molecule has 0 unspecified atom stereocenters. The quantitative estimate of drug-likeness (QED) is 0.662. The largest absolute Gasteiger partial charge is 0.346 e. The predicted molar refractivity (Wildman–Crippen MR) is 103 cm³/mol. The number of thiophene rings is 1. The summed E-state index contributed by atoms with van der Waals surface area (Å²) in [5.74, 6) is -3.82. The van der Waals surface area contributed by atoms with Gasteiger partial charge in [-0.2, -0.15) is 0 Å². The molecule has 0 aliphatic rings. The van der Waals surface area contributed by atoms with Crippen molar-refractivity contribution in [1.29, 1.82) is 0 Å². The van der Waals surface area contributed by atoms with Crippen molar-refractivity contribution in [2.24, 2.45) is 5.73 Å². The molecule has 3 N–H and O–H groups in total. The van der Waals surface area contributed by atoms with E-state index in [0.717, 1.165) is 15.3 Å². The standard InChI is InChI=1S/C17H18F2N4O2S.ClH/c1-8-4-11(10(3)26-8)13-5-12(14-9(2)23-25-16(14)22-13)15(24)21-7-17(18,19)6-20;/h4-5H,6-7,20H2,1-3H3,(H,21,24);1H. The molecule has 0 atom stereocenters. The number of nitrogens with one attached hydrogen (secondary N) is 1. The number of nitrogens with two attached hydrogens (primary N) is 1. The number of fused-ring (bicyclic) bond motifs is 1. The van der Waals surface area contributed by atoms with E-state index in [1.54, 1.807) is 24.3 Å². The first-order valence-electron chi connectivity index (χ1n) is 7.92. The fourth-order valence-electron chi connectivity index (χ4n) is 2.67. The predicted octanol–water partition coefficient (Wildman–Crippen LogP) is 3.62. The summed E-state index contributed by atoms with van der Waals surface area (Å²) in [4.78, 5) is 19.1. The number of pyridine rings is 1. The summed E-state index contributed by atoms with van der Waals surface area (Å²) in [6.45, 7) is 3.90. The van der Waals surface area contributed by atoms with Gasteiger partial charge in [-0.05, 0) is 32.9 Å². The molecular formula is C17H19ClF2N4O2S. The summed E-state index contributed by atoms with van der Waals surface area (Å²) in [7, 11) is 0. The summed E-state index contributed by atoms with van der Waals surface area (Å²) < 4.78 is 32.0. The molecule has 6 nitrogen and oxygen atoms in total. The van der Waals surface area contributed by atoms with Crippen molar-refractivity contribution in [3.63, 3.8) is 0 Å². The first-order valence-corrected chi connectivity index (χ1v) is 8.74. The van der Waals surface area contributed by atoms with Crippen LogP contribution in [0, 0.1) is 20.8 Å². The fraction of sp³-hybridized carbons (Fsp3) is 0.353. The highest BCUT2D eigenvalue weighted by Crippen LogP contribution is 2.32. The summed E-state index contributed by atoms with van der Waals surface area (Å²) >= 11 is 1.61. The van der Waals surface area contributed by atoms with Gasteiger partial charge in [0, 0.05) is 15.3 Å². The van der Waals surface area contributed by atoms with Gasteiger partial charge in [0.2, 0.25) is 0 Å². The van der Waals surface area contributed by atoms with Crippen molar-refractivity contribution in [2.45, 2.75) is 26.7 Å². The lowest BCUT2D eigenvalue weighted by Crippen LogP contribution is -2.41. The molecule has 0 saturated carbocycles. The van der Waals surface area contributed by atoms with Gasteiger partial charge in [0.25, 0.3) is 17.5 Å². The number of hydrogen-bond acceptors (Lipinski definition) is 6. The molecular weight excluding hydrogens is 398 g/mol. The van der Waals surface area contributed by atoms with Crippen molar-refractivity contribution in [3.8, 4) is 11.3 Å². The van der Waals surface area contributed by atoms with Gasteiger partial charge in [0.1, 0.15) is 0 Å². The smallest absolute Gasteiger partial charge is 0.277 e. The van der Waals surface area contributed by atoms with Crippen molar-refractivity contribution < 1.29 is 18.1 Å². The number of carbonyl (C=O) groups excluding carboxylic acids is 1. The van der Waals surface area contributed by atoms with Crippen LogP contribution in [0.15, 0.2) is 16.7 Å². The van der Waals surface area contributed by atoms with Crippen LogP contribution in [0.4, 0.5) is 8.78 Å². The molecule has 0 saturated heterocycles. The zero-order chi connectivity index (χ0) is 19.1. The third kappa shape index (κ3) is 4.26. The Balaban J connectivity index is 0.00000261. The molecule has 3 rings (SSSR count). The number of rotatable bonds is 5. The van der Waals surface area contributed by atoms with Crippen LogP contribution < -0.4 is 11.1 Å². The zero-order valence-electron chi connectivity index (χ0n) is 14.9. The fourth-order valence-corrected chi connectivity index (χ4v) is 3.61. The van der Waals surface area contributed by atoms with E-state index in [0.29, 0.717) is 16.8 Å². The van der Waals surface area contributed by atoms with Gasteiger partial charge in [-0.15, -0.1) is 23.7 Å². The SMILES string of the molecule is Cc1cc(-c2cc(C(=O)NCC(F)(F)CN)c3c(C)noc3n2)c(C)s1.Cl. The lowest BCUT2D eigenvalue weighted by atomic mass is 10.1. The van der Waals surface area contributed by atoms with Gasteiger partial charge in [0.05, 0.1) is 35.4 Å². The maximum absolute atomic E-state index is 13.4. The number of amides is 1. The van der Waals surface area contributed by atoms with E-state index in [2.05, 4.69) is 15.5 Å². The van der Waals surface area contributed by atoms with Gasteiger partial charge in [0.15, 0.2) is 0 Å². The van der Waals surface area contributed by atoms with Gasteiger partial charge >= 0.3 is 0 Å². The highest BCUT2D eigenvalue weighted by Gasteiger charge is 2.28. The van der Waals surface area contributed by atoms with Gasteiger partial charge in [-0.3, -0.25) is 4.79 Å². The second-order valence-electron chi connectivity index (χ2n) is 6.07. The molecule has 3 heterocycles. The lowest BCUT2D eigenvalue weighted by Gasteiger charge is -2.15. The first-order chi connectivity index (χ1) is 12.2. The Morgan fingerprint density at radius 2 is 2.04 bits per heavy atom. The van der Waals surface area contributed by atoms with Crippen molar-refractivity contribution in [2.75, 3.05) is 13.1 Å². The van der Waals surface area contributed by atoms with Crippen LogP contribution in [0.2, 0.25) is 0 Å². The van der Waals surface area contributed by atoms with Crippen LogP contribution in [-0.4, -0.2) is 35.1 Å². The van der Waals surface area contributed by atoms with Crippen molar-refractivity contribution in [1.82, 2.24) is 15.5 Å². The molecule has 0 aromatic carbocycles. The molecule has 0 radical (unpaired) electrons. The van der Waals surface area contributed by atoms with Crippen LogP contribution in [0.25, 0.3) is 22.4 Å². The first kappa shape index (κ1) is 21.2. The molecule has 0 fully saturated rings. The summed E-state index contributed by atoms with van der Waals surface area (Å²) in [5.41, 5.74) is 7.27. The van der Waals surface area contributed by atoms with E-state index in [9.17, 15) is 13.6 Å². The molecule has 0 aliphatic heterocycles. The van der Waals surface area contributed by atoms with Crippen LogP contribution in [0.1, 0.15) is 25.8 Å². The molecule has 0 aliphatic carbocycles. The summed E-state index contributed by atoms with van der Waals surface area (Å²) in [5, 5.41) is 6.49. The number of carbonyl (C=O) groups is 1. The minimum absolute atomic E-state index is 0. The maximum Gasteiger partial charge on any atom is 0.277 e. The molecule has 10 heteroatoms. The second-order valence-corrected chi connectivity index (χ2v) is 7.53. The van der Waals surface area contributed by atoms with Gasteiger partial charge in [-0.25, -0.2) is 13.8 Å². The van der Waals surface area contributed by atoms with Gasteiger partial charge < -0.3 is 15.6 Å². The number of aryl methyl sites for hydroxylation is 3. The molecule has 3 aromatic heterocycles. The van der Waals surface area contributed by atoms with Gasteiger partial charge in [-0.1, -0.05) is 5.16 Å². The Morgan fingerprint density at radius 1 is 1.33 bits per heavy atom. The molecule has 27 heavy (non-hydrogen) atoms. The zero-order valence-corrected chi connectivity index (χ0v) is 16.6. The van der Waals surface area contributed by atoms with Crippen LogP contribution in [0.5, 0.6) is 0 Å². The van der Waals surface area contributed by atoms with Crippen LogP contribution in [-0.2, 0) is 0 Å². The Morgan fingerprint density at radius 3 is 2.63 bits per heavy atom. The number of aromatic nitrogens is 2. The highest BCUT2D eigenvalue weighted by molar-refractivity contribution is 7.12. The average Bonchev–Trinajstić information content (AvgIpc) is 3.14.